The Balaban J connectivity index is 1.54. The second-order valence-corrected chi connectivity index (χ2v) is 8.36. The van der Waals surface area contributed by atoms with Crippen LogP contribution in [0, 0.1) is 5.92 Å². The number of nitrogens with zero attached hydrogens (tertiary/aromatic N) is 1. The van der Waals surface area contributed by atoms with Gasteiger partial charge in [0.1, 0.15) is 0 Å². The van der Waals surface area contributed by atoms with E-state index in [-0.39, 0.29) is 18.9 Å². The van der Waals surface area contributed by atoms with Crippen molar-refractivity contribution < 1.29 is 23.8 Å². The maximum atomic E-state index is 12.9. The van der Waals surface area contributed by atoms with Gasteiger partial charge in [0.2, 0.25) is 0 Å². The zero-order valence-electron chi connectivity index (χ0n) is 17.6. The summed E-state index contributed by atoms with van der Waals surface area (Å²) < 4.78 is 16.6. The molecule has 31 heavy (non-hydrogen) atoms. The summed E-state index contributed by atoms with van der Waals surface area (Å²) in [7, 11) is 0. The van der Waals surface area contributed by atoms with E-state index in [9.17, 15) is 9.59 Å². The Labute approximate surface area is 186 Å². The molecule has 2 fully saturated rings. The maximum absolute atomic E-state index is 12.9. The molecule has 8 nitrogen and oxygen atoms in total. The number of hydrogen-bond donors (Lipinski definition) is 2. The summed E-state index contributed by atoms with van der Waals surface area (Å²) >= 11 is 6.02. The highest BCUT2D eigenvalue weighted by molar-refractivity contribution is 6.30. The van der Waals surface area contributed by atoms with Crippen LogP contribution in [0.5, 0.6) is 0 Å². The molecule has 4 rings (SSSR count). The van der Waals surface area contributed by atoms with Gasteiger partial charge >= 0.3 is 12.0 Å². The monoisotopic (exact) mass is 449 g/mol. The van der Waals surface area contributed by atoms with Gasteiger partial charge in [-0.05, 0) is 50.6 Å². The van der Waals surface area contributed by atoms with E-state index in [0.29, 0.717) is 42.0 Å². The first-order valence-corrected chi connectivity index (χ1v) is 11.1. The number of amides is 2. The molecule has 1 aromatic rings. The first kappa shape index (κ1) is 22.1. The van der Waals surface area contributed by atoms with Gasteiger partial charge < -0.3 is 24.8 Å². The van der Waals surface area contributed by atoms with E-state index in [1.807, 2.05) is 12.1 Å². The molecule has 0 aromatic heterocycles. The quantitative estimate of drug-likeness (QED) is 0.649. The number of rotatable bonds is 6. The molecule has 2 N–H and O–H groups in total. The molecular weight excluding hydrogens is 422 g/mol. The van der Waals surface area contributed by atoms with Crippen molar-refractivity contribution in [2.75, 3.05) is 39.5 Å². The van der Waals surface area contributed by atoms with Crippen molar-refractivity contribution >= 4 is 23.6 Å². The van der Waals surface area contributed by atoms with E-state index in [1.54, 1.807) is 19.1 Å². The fourth-order valence-electron chi connectivity index (χ4n) is 4.35. The van der Waals surface area contributed by atoms with E-state index in [1.165, 1.54) is 0 Å². The normalized spacial score (nSPS) is 23.5. The number of halogens is 1. The summed E-state index contributed by atoms with van der Waals surface area (Å²) in [6.07, 6.45) is 1.78. The van der Waals surface area contributed by atoms with Crippen molar-refractivity contribution in [3.8, 4) is 0 Å². The number of ether oxygens (including phenoxy) is 3. The fraction of sp³-hybridized carbons (Fsp3) is 0.545. The van der Waals surface area contributed by atoms with Crippen LogP contribution in [0.25, 0.3) is 0 Å². The third-order valence-corrected chi connectivity index (χ3v) is 6.15. The topological polar surface area (TPSA) is 89.1 Å². The standard InChI is InChI=1S/C22H28ClN3O5/c1-2-29-20(27)18-17(13-26-9-7-15(8-10-26)21-30-11-12-31-21)24-22(28)25-19(18)14-3-5-16(23)6-4-14/h3-6,15,19,21H,2,7-13H2,1H3,(H2,24,25,28). The summed E-state index contributed by atoms with van der Waals surface area (Å²) in [5, 5.41) is 6.28. The van der Waals surface area contributed by atoms with Crippen LogP contribution in [0.15, 0.2) is 35.5 Å². The van der Waals surface area contributed by atoms with E-state index in [4.69, 9.17) is 25.8 Å². The Morgan fingerprint density at radius 2 is 1.87 bits per heavy atom. The van der Waals surface area contributed by atoms with Gasteiger partial charge in [-0.15, -0.1) is 0 Å². The van der Waals surface area contributed by atoms with Gasteiger partial charge in [-0.2, -0.15) is 0 Å². The molecular formula is C22H28ClN3O5. The Morgan fingerprint density at radius 3 is 2.52 bits per heavy atom. The van der Waals surface area contributed by atoms with Crippen molar-refractivity contribution in [3.63, 3.8) is 0 Å². The second kappa shape index (κ2) is 9.99. The third-order valence-electron chi connectivity index (χ3n) is 5.90. The smallest absolute Gasteiger partial charge is 0.338 e. The lowest BCUT2D eigenvalue weighted by molar-refractivity contribution is -0.139. The molecule has 1 atom stereocenters. The SMILES string of the molecule is CCOC(=O)C1=C(CN2CCC(C3OCCO3)CC2)NC(=O)NC1c1ccc(Cl)cc1. The van der Waals surface area contributed by atoms with Crippen LogP contribution >= 0.6 is 11.6 Å². The zero-order valence-corrected chi connectivity index (χ0v) is 18.3. The van der Waals surface area contributed by atoms with Gasteiger partial charge in [0.25, 0.3) is 0 Å². The van der Waals surface area contributed by atoms with Crippen molar-refractivity contribution in [1.82, 2.24) is 15.5 Å². The van der Waals surface area contributed by atoms with Crippen LogP contribution in [0.3, 0.4) is 0 Å². The number of esters is 1. The van der Waals surface area contributed by atoms with Crippen molar-refractivity contribution in [1.29, 1.82) is 0 Å². The highest BCUT2D eigenvalue weighted by Gasteiger charge is 2.36. The molecule has 0 saturated carbocycles. The largest absolute Gasteiger partial charge is 0.463 e. The van der Waals surface area contributed by atoms with Crippen LogP contribution in [0.1, 0.15) is 31.4 Å². The number of likely N-dealkylation sites (tertiary alicyclic amines) is 1. The van der Waals surface area contributed by atoms with Crippen molar-refractivity contribution in [3.05, 3.63) is 46.1 Å². The van der Waals surface area contributed by atoms with Gasteiger partial charge in [-0.3, -0.25) is 4.90 Å². The van der Waals surface area contributed by atoms with E-state index >= 15 is 0 Å². The minimum atomic E-state index is -0.599. The minimum Gasteiger partial charge on any atom is -0.463 e. The lowest BCUT2D eigenvalue weighted by Gasteiger charge is -2.36. The first-order valence-electron chi connectivity index (χ1n) is 10.7. The van der Waals surface area contributed by atoms with Crippen LogP contribution in [-0.2, 0) is 19.0 Å². The minimum absolute atomic E-state index is 0.107. The molecule has 1 unspecified atom stereocenters. The zero-order chi connectivity index (χ0) is 21.8. The van der Waals surface area contributed by atoms with E-state index in [2.05, 4.69) is 15.5 Å². The van der Waals surface area contributed by atoms with Gasteiger partial charge in [0.05, 0.1) is 31.4 Å². The summed E-state index contributed by atoms with van der Waals surface area (Å²) in [5.74, 6) is -0.0609. The highest BCUT2D eigenvalue weighted by Crippen LogP contribution is 2.30. The molecule has 3 aliphatic heterocycles. The molecule has 0 aliphatic carbocycles. The van der Waals surface area contributed by atoms with Crippen molar-refractivity contribution in [2.45, 2.75) is 32.1 Å². The fourth-order valence-corrected chi connectivity index (χ4v) is 4.48. The predicted molar refractivity (Wildman–Crippen MR) is 114 cm³/mol. The van der Waals surface area contributed by atoms with Gasteiger partial charge in [0, 0.05) is 23.2 Å². The molecule has 0 bridgehead atoms. The molecule has 0 radical (unpaired) electrons. The number of urea groups is 1. The van der Waals surface area contributed by atoms with Crippen LogP contribution in [0.4, 0.5) is 4.79 Å². The van der Waals surface area contributed by atoms with Gasteiger partial charge in [0.15, 0.2) is 6.29 Å². The molecule has 2 saturated heterocycles. The Hall–Kier alpha value is -2.13. The van der Waals surface area contributed by atoms with Crippen LogP contribution < -0.4 is 10.6 Å². The number of carbonyl (C=O) groups is 2. The summed E-state index contributed by atoms with van der Waals surface area (Å²) in [4.78, 5) is 27.6. The van der Waals surface area contributed by atoms with E-state index < -0.39 is 12.0 Å². The molecule has 1 aromatic carbocycles. The summed E-state index contributed by atoms with van der Waals surface area (Å²) in [5.41, 5.74) is 1.77. The number of carbonyl (C=O) groups excluding carboxylic acids is 2. The number of hydrogen-bond acceptors (Lipinski definition) is 6. The average molecular weight is 450 g/mol. The van der Waals surface area contributed by atoms with Gasteiger partial charge in [-0.25, -0.2) is 9.59 Å². The highest BCUT2D eigenvalue weighted by atomic mass is 35.5. The van der Waals surface area contributed by atoms with Crippen LogP contribution in [-0.4, -0.2) is 62.6 Å². The lowest BCUT2D eigenvalue weighted by Crippen LogP contribution is -2.49. The lowest BCUT2D eigenvalue weighted by atomic mass is 9.93. The number of benzene rings is 1. The maximum Gasteiger partial charge on any atom is 0.338 e. The van der Waals surface area contributed by atoms with Crippen molar-refractivity contribution in [2.24, 2.45) is 5.92 Å². The Bertz CT molecular complexity index is 830. The Kier molecular flexibility index (Phi) is 7.12. The predicted octanol–water partition coefficient (Wildman–Crippen LogP) is 2.60. The average Bonchev–Trinajstić information content (AvgIpc) is 3.29. The van der Waals surface area contributed by atoms with Crippen LogP contribution in [0.2, 0.25) is 5.02 Å². The van der Waals surface area contributed by atoms with Gasteiger partial charge in [-0.1, -0.05) is 23.7 Å². The third kappa shape index (κ3) is 5.20. The summed E-state index contributed by atoms with van der Waals surface area (Å²) in [6.45, 7) is 5.47. The molecule has 3 aliphatic rings. The van der Waals surface area contributed by atoms with E-state index in [0.717, 1.165) is 31.5 Å². The Morgan fingerprint density at radius 1 is 1.19 bits per heavy atom. The molecule has 168 valence electrons. The molecule has 3 heterocycles. The molecule has 2 amide bonds. The first-order chi connectivity index (χ1) is 15.0. The summed E-state index contributed by atoms with van der Waals surface area (Å²) in [6, 6.07) is 6.16. The second-order valence-electron chi connectivity index (χ2n) is 7.92. The molecule has 9 heteroatoms. The number of nitrogens with one attached hydrogen (secondary N) is 2. The number of piperidine rings is 1. The molecule has 0 spiro atoms.